The van der Waals surface area contributed by atoms with Crippen LogP contribution in [-0.4, -0.2) is 31.1 Å². The van der Waals surface area contributed by atoms with E-state index in [1.165, 1.54) is 22.2 Å². The maximum Gasteiger partial charge on any atom is 0.0245 e. The first-order valence-electron chi connectivity index (χ1n) is 5.03. The average molecular weight is 302 g/mol. The van der Waals surface area contributed by atoms with Crippen LogP contribution >= 0.6 is 22.6 Å². The molecule has 0 atom stereocenters. The highest BCUT2D eigenvalue weighted by molar-refractivity contribution is 14.1. The summed E-state index contributed by atoms with van der Waals surface area (Å²) in [6.45, 7) is 5.70. The molecule has 1 fully saturated rings. The van der Waals surface area contributed by atoms with Gasteiger partial charge in [-0.25, -0.2) is 0 Å². The van der Waals surface area contributed by atoms with Crippen LogP contribution in [0.25, 0.3) is 0 Å². The topological polar surface area (TPSA) is 15.3 Å². The number of hydrogen-bond acceptors (Lipinski definition) is 2. The number of nitrogens with one attached hydrogen (secondary N) is 1. The molecule has 1 saturated heterocycles. The lowest BCUT2D eigenvalue weighted by molar-refractivity contribution is 0.233. The Hall–Kier alpha value is -0.130. The normalized spacial score (nSPS) is 18.4. The Bertz CT molecular complexity index is 295. The van der Waals surface area contributed by atoms with Crippen molar-refractivity contribution in [3.8, 4) is 0 Å². The molecule has 1 N–H and O–H groups in total. The van der Waals surface area contributed by atoms with Crippen molar-refractivity contribution in [3.63, 3.8) is 0 Å². The predicted octanol–water partition coefficient (Wildman–Crippen LogP) is 1.70. The molecule has 14 heavy (non-hydrogen) atoms. The lowest BCUT2D eigenvalue weighted by atomic mass is 10.2. The van der Waals surface area contributed by atoms with Gasteiger partial charge in [0.25, 0.3) is 0 Å². The molecule has 1 aromatic rings. The molecule has 0 unspecified atom stereocenters. The van der Waals surface area contributed by atoms with Crippen molar-refractivity contribution < 1.29 is 0 Å². The second kappa shape index (κ2) is 5.09. The van der Waals surface area contributed by atoms with E-state index >= 15 is 0 Å². The van der Waals surface area contributed by atoms with Gasteiger partial charge >= 0.3 is 0 Å². The van der Waals surface area contributed by atoms with Gasteiger partial charge in [-0.05, 0) is 34.2 Å². The van der Waals surface area contributed by atoms with Crippen LogP contribution in [0.4, 0.5) is 0 Å². The molecule has 1 aromatic carbocycles. The van der Waals surface area contributed by atoms with E-state index in [0.717, 1.165) is 19.6 Å². The van der Waals surface area contributed by atoms with E-state index < -0.39 is 0 Å². The van der Waals surface area contributed by atoms with Crippen LogP contribution in [-0.2, 0) is 6.54 Å². The predicted molar refractivity (Wildman–Crippen MR) is 67.3 cm³/mol. The molecule has 0 aromatic heterocycles. The molecule has 1 aliphatic heterocycles. The summed E-state index contributed by atoms with van der Waals surface area (Å²) in [4.78, 5) is 2.51. The fourth-order valence-electron chi connectivity index (χ4n) is 1.74. The van der Waals surface area contributed by atoms with Crippen molar-refractivity contribution in [1.82, 2.24) is 10.2 Å². The number of benzene rings is 1. The van der Waals surface area contributed by atoms with Crippen molar-refractivity contribution in [2.75, 3.05) is 26.2 Å². The minimum atomic E-state index is 1.10. The highest BCUT2D eigenvalue weighted by Crippen LogP contribution is 2.13. The summed E-state index contributed by atoms with van der Waals surface area (Å²) < 4.78 is 1.38. The molecule has 0 spiro atoms. The molecule has 0 bridgehead atoms. The van der Waals surface area contributed by atoms with Gasteiger partial charge < -0.3 is 5.32 Å². The summed E-state index contributed by atoms with van der Waals surface area (Å²) in [7, 11) is 0. The summed E-state index contributed by atoms with van der Waals surface area (Å²) in [5, 5.41) is 3.37. The van der Waals surface area contributed by atoms with Gasteiger partial charge in [0, 0.05) is 36.3 Å². The van der Waals surface area contributed by atoms with Crippen LogP contribution in [0.1, 0.15) is 5.56 Å². The number of nitrogens with zero attached hydrogens (tertiary/aromatic N) is 1. The third-order valence-electron chi connectivity index (χ3n) is 2.56. The Labute approximate surface area is 98.8 Å². The quantitative estimate of drug-likeness (QED) is 0.837. The van der Waals surface area contributed by atoms with Gasteiger partial charge in [0.2, 0.25) is 0 Å². The molecule has 2 rings (SSSR count). The van der Waals surface area contributed by atoms with E-state index in [2.05, 4.69) is 57.1 Å². The van der Waals surface area contributed by atoms with Gasteiger partial charge in [0.05, 0.1) is 0 Å². The van der Waals surface area contributed by atoms with Crippen LogP contribution in [0.3, 0.4) is 0 Å². The highest BCUT2D eigenvalue weighted by Gasteiger charge is 2.10. The van der Waals surface area contributed by atoms with E-state index in [1.807, 2.05) is 0 Å². The Morgan fingerprint density at radius 1 is 1.21 bits per heavy atom. The van der Waals surface area contributed by atoms with Crippen molar-refractivity contribution in [1.29, 1.82) is 0 Å². The van der Waals surface area contributed by atoms with E-state index in [4.69, 9.17) is 0 Å². The second-order valence-corrected chi connectivity index (χ2v) is 4.78. The van der Waals surface area contributed by atoms with Crippen molar-refractivity contribution in [2.45, 2.75) is 6.54 Å². The van der Waals surface area contributed by atoms with Gasteiger partial charge in [0.15, 0.2) is 0 Å². The molecular weight excluding hydrogens is 287 g/mol. The smallest absolute Gasteiger partial charge is 0.0245 e. The van der Waals surface area contributed by atoms with E-state index in [-0.39, 0.29) is 0 Å². The summed E-state index contributed by atoms with van der Waals surface area (Å²) in [6.07, 6.45) is 0. The van der Waals surface area contributed by atoms with Crippen LogP contribution in [0.15, 0.2) is 24.3 Å². The van der Waals surface area contributed by atoms with Gasteiger partial charge in [-0.15, -0.1) is 0 Å². The zero-order valence-electron chi connectivity index (χ0n) is 8.17. The lowest BCUT2D eigenvalue weighted by Gasteiger charge is -2.27. The molecule has 0 saturated carbocycles. The first-order valence-corrected chi connectivity index (χ1v) is 6.10. The molecule has 0 amide bonds. The molecule has 3 heteroatoms. The Morgan fingerprint density at radius 2 is 1.93 bits per heavy atom. The van der Waals surface area contributed by atoms with E-state index in [0.29, 0.717) is 0 Å². The molecule has 76 valence electrons. The first-order chi connectivity index (χ1) is 6.86. The van der Waals surface area contributed by atoms with Crippen LogP contribution in [0, 0.1) is 3.57 Å². The van der Waals surface area contributed by atoms with Crippen LogP contribution < -0.4 is 5.32 Å². The monoisotopic (exact) mass is 302 g/mol. The maximum absolute atomic E-state index is 3.37. The van der Waals surface area contributed by atoms with Gasteiger partial charge in [0.1, 0.15) is 0 Å². The number of hydrogen-bond donors (Lipinski definition) is 1. The SMILES string of the molecule is Ic1ccccc1CN1CCNCC1. The lowest BCUT2D eigenvalue weighted by Crippen LogP contribution is -2.42. The zero-order chi connectivity index (χ0) is 9.80. The number of halogens is 1. The molecule has 0 aliphatic carbocycles. The fraction of sp³-hybridized carbons (Fsp3) is 0.455. The van der Waals surface area contributed by atoms with Gasteiger partial charge in [-0.1, -0.05) is 18.2 Å². The number of rotatable bonds is 2. The summed E-state index contributed by atoms with van der Waals surface area (Å²) in [5.74, 6) is 0. The number of piperazine rings is 1. The maximum atomic E-state index is 3.37. The standard InChI is InChI=1S/C11H15IN2/c12-11-4-2-1-3-10(11)9-14-7-5-13-6-8-14/h1-4,13H,5-9H2. The third kappa shape index (κ3) is 2.68. The highest BCUT2D eigenvalue weighted by atomic mass is 127. The fourth-order valence-corrected chi connectivity index (χ4v) is 2.29. The van der Waals surface area contributed by atoms with E-state index in [1.54, 1.807) is 0 Å². The third-order valence-corrected chi connectivity index (χ3v) is 3.61. The van der Waals surface area contributed by atoms with Crippen molar-refractivity contribution >= 4 is 22.6 Å². The second-order valence-electron chi connectivity index (χ2n) is 3.62. The molecule has 1 heterocycles. The summed E-state index contributed by atoms with van der Waals surface area (Å²) in [6, 6.07) is 8.63. The average Bonchev–Trinajstić information content (AvgIpc) is 2.23. The Balaban J connectivity index is 1.99. The molecule has 2 nitrogen and oxygen atoms in total. The van der Waals surface area contributed by atoms with Crippen molar-refractivity contribution in [3.05, 3.63) is 33.4 Å². The van der Waals surface area contributed by atoms with Crippen LogP contribution in [0.5, 0.6) is 0 Å². The van der Waals surface area contributed by atoms with Gasteiger partial charge in [-0.2, -0.15) is 0 Å². The first kappa shape index (κ1) is 10.4. The Morgan fingerprint density at radius 3 is 2.64 bits per heavy atom. The zero-order valence-corrected chi connectivity index (χ0v) is 10.3. The van der Waals surface area contributed by atoms with Gasteiger partial charge in [-0.3, -0.25) is 4.90 Å². The largest absolute Gasteiger partial charge is 0.314 e. The molecular formula is C11H15IN2. The molecule has 1 aliphatic rings. The summed E-state index contributed by atoms with van der Waals surface area (Å²) >= 11 is 2.41. The van der Waals surface area contributed by atoms with Crippen LogP contribution in [0.2, 0.25) is 0 Å². The minimum absolute atomic E-state index is 1.10. The summed E-state index contributed by atoms with van der Waals surface area (Å²) in [5.41, 5.74) is 1.45. The Kier molecular flexibility index (Phi) is 3.78. The minimum Gasteiger partial charge on any atom is -0.314 e. The van der Waals surface area contributed by atoms with E-state index in [9.17, 15) is 0 Å². The molecule has 0 radical (unpaired) electrons. The van der Waals surface area contributed by atoms with Crippen molar-refractivity contribution in [2.24, 2.45) is 0 Å².